The molecule has 2 unspecified atom stereocenters. The van der Waals surface area contributed by atoms with Crippen LogP contribution in [0.5, 0.6) is 5.75 Å². The number of rotatable bonds is 2. The summed E-state index contributed by atoms with van der Waals surface area (Å²) in [6, 6.07) is 6.65. The second kappa shape index (κ2) is 4.80. The summed E-state index contributed by atoms with van der Waals surface area (Å²) in [4.78, 5) is 0. The van der Waals surface area contributed by atoms with Gasteiger partial charge in [-0.2, -0.15) is 5.10 Å². The van der Waals surface area contributed by atoms with Crippen molar-refractivity contribution in [2.24, 2.45) is 11.0 Å². The van der Waals surface area contributed by atoms with Crippen LogP contribution < -0.4 is 10.2 Å². The predicted octanol–water partition coefficient (Wildman–Crippen LogP) is 2.34. The minimum Gasteiger partial charge on any atom is -0.497 e. The molecule has 1 saturated carbocycles. The summed E-state index contributed by atoms with van der Waals surface area (Å²) < 4.78 is 5.32. The van der Waals surface area contributed by atoms with E-state index in [4.69, 9.17) is 4.74 Å². The molecular weight excluding hydrogens is 248 g/mol. The zero-order valence-corrected chi connectivity index (χ0v) is 11.5. The first-order valence-electron chi connectivity index (χ1n) is 7.09. The summed E-state index contributed by atoms with van der Waals surface area (Å²) in [5.41, 5.74) is 7.17. The number of hydrogen-bond acceptors (Lipinski definition) is 3. The van der Waals surface area contributed by atoms with E-state index in [1.165, 1.54) is 22.8 Å². The van der Waals surface area contributed by atoms with Gasteiger partial charge in [-0.25, -0.2) is 0 Å². The van der Waals surface area contributed by atoms with Gasteiger partial charge in [0.15, 0.2) is 0 Å². The third-order valence-corrected chi connectivity index (χ3v) is 4.44. The van der Waals surface area contributed by atoms with E-state index in [0.717, 1.165) is 18.6 Å². The molecule has 3 heteroatoms. The van der Waals surface area contributed by atoms with Crippen LogP contribution >= 0.6 is 0 Å². The van der Waals surface area contributed by atoms with Crippen LogP contribution in [-0.2, 0) is 6.42 Å². The molecule has 2 aliphatic carbocycles. The van der Waals surface area contributed by atoms with E-state index < -0.39 is 0 Å². The van der Waals surface area contributed by atoms with Gasteiger partial charge in [-0.3, -0.25) is 0 Å². The van der Waals surface area contributed by atoms with Gasteiger partial charge in [-0.05, 0) is 62.3 Å². The van der Waals surface area contributed by atoms with Crippen LogP contribution in [0.15, 0.2) is 23.3 Å². The fourth-order valence-corrected chi connectivity index (χ4v) is 3.40. The highest BCUT2D eigenvalue weighted by atomic mass is 16.5. The Morgan fingerprint density at radius 1 is 1.25 bits per heavy atom. The van der Waals surface area contributed by atoms with Gasteiger partial charge < -0.3 is 10.2 Å². The molecule has 4 rings (SSSR count). The zero-order chi connectivity index (χ0) is 13.5. The molecular formula is C17H17N2O. The van der Waals surface area contributed by atoms with Gasteiger partial charge >= 0.3 is 0 Å². The van der Waals surface area contributed by atoms with E-state index in [2.05, 4.69) is 48.3 Å². The summed E-state index contributed by atoms with van der Waals surface area (Å²) in [6.45, 7) is 0. The first kappa shape index (κ1) is 12.2. The lowest BCUT2D eigenvalue weighted by molar-refractivity contribution is 0.413. The molecule has 20 heavy (non-hydrogen) atoms. The Labute approximate surface area is 120 Å². The highest BCUT2D eigenvalue weighted by Crippen LogP contribution is 2.39. The highest BCUT2D eigenvalue weighted by Gasteiger charge is 2.41. The third kappa shape index (κ3) is 1.83. The van der Waals surface area contributed by atoms with Crippen molar-refractivity contribution in [2.75, 3.05) is 7.11 Å². The topological polar surface area (TPSA) is 33.6 Å². The number of hydrogen-bond donors (Lipinski definition) is 1. The van der Waals surface area contributed by atoms with Crippen LogP contribution in [0.2, 0.25) is 0 Å². The van der Waals surface area contributed by atoms with Crippen molar-refractivity contribution in [1.29, 1.82) is 0 Å². The fourth-order valence-electron chi connectivity index (χ4n) is 3.40. The number of fused-ring (bicyclic) bond motifs is 3. The number of nitrogens with zero attached hydrogens (tertiary/aromatic N) is 1. The van der Waals surface area contributed by atoms with Crippen molar-refractivity contribution in [2.45, 2.75) is 18.9 Å². The van der Waals surface area contributed by atoms with E-state index in [9.17, 15) is 0 Å². The van der Waals surface area contributed by atoms with Gasteiger partial charge in [0.25, 0.3) is 0 Å². The van der Waals surface area contributed by atoms with Crippen LogP contribution in [-0.4, -0.2) is 18.9 Å². The molecule has 101 valence electrons. The molecule has 1 aromatic rings. The molecule has 0 bridgehead atoms. The lowest BCUT2D eigenvalue weighted by Crippen LogP contribution is -2.37. The molecule has 2 atom stereocenters. The van der Waals surface area contributed by atoms with Crippen LogP contribution in [0.25, 0.3) is 0 Å². The van der Waals surface area contributed by atoms with Crippen molar-refractivity contribution in [1.82, 2.24) is 5.43 Å². The molecule has 1 fully saturated rings. The van der Waals surface area contributed by atoms with Crippen LogP contribution in [0.3, 0.4) is 0 Å². The maximum Gasteiger partial charge on any atom is 0.119 e. The third-order valence-electron chi connectivity index (χ3n) is 4.44. The lowest BCUT2D eigenvalue weighted by Gasteiger charge is -2.29. The van der Waals surface area contributed by atoms with Gasteiger partial charge in [-0.1, -0.05) is 0 Å². The van der Waals surface area contributed by atoms with Crippen molar-refractivity contribution < 1.29 is 4.74 Å². The number of ether oxygens (including phenoxy) is 1. The number of hydrazone groups is 1. The molecule has 0 amide bonds. The quantitative estimate of drug-likeness (QED) is 0.890. The largest absolute Gasteiger partial charge is 0.497 e. The maximum atomic E-state index is 5.32. The Bertz CT molecular complexity index is 546. The standard InChI is InChI=1S/C17H17N2O/c1-20-13-7-9-14-12(10-13)6-8-15-16(18-19-17(14)15)11-4-2-3-5-11/h2-5,7,9-10,15-16,18H,6,8H2,1H3. The zero-order valence-electron chi connectivity index (χ0n) is 11.5. The number of methoxy groups -OCH3 is 1. The van der Waals surface area contributed by atoms with E-state index in [-0.39, 0.29) is 0 Å². The molecule has 5 radical (unpaired) electrons. The average Bonchev–Trinajstić information content (AvgIpc) is 3.15. The van der Waals surface area contributed by atoms with Crippen molar-refractivity contribution in [3.8, 4) is 5.75 Å². The SMILES string of the molecule is COc1ccc2c(c1)CCC1C2=NNC1[C]1[CH][CH][CH][CH]1. The van der Waals surface area contributed by atoms with Gasteiger partial charge in [0, 0.05) is 17.4 Å². The average molecular weight is 265 g/mol. The summed E-state index contributed by atoms with van der Waals surface area (Å²) in [6.07, 6.45) is 10.8. The smallest absolute Gasteiger partial charge is 0.119 e. The first-order valence-corrected chi connectivity index (χ1v) is 7.09. The monoisotopic (exact) mass is 265 g/mol. The number of aryl methyl sites for hydroxylation is 1. The van der Waals surface area contributed by atoms with E-state index in [0.29, 0.717) is 12.0 Å². The minimum absolute atomic E-state index is 0.329. The Balaban J connectivity index is 1.63. The summed E-state index contributed by atoms with van der Waals surface area (Å²) in [5, 5.41) is 4.62. The molecule has 1 aliphatic heterocycles. The molecule has 1 N–H and O–H groups in total. The van der Waals surface area contributed by atoms with Crippen LogP contribution in [0.1, 0.15) is 17.5 Å². The Kier molecular flexibility index (Phi) is 2.94. The van der Waals surface area contributed by atoms with Gasteiger partial charge in [0.05, 0.1) is 18.9 Å². The summed E-state index contributed by atoms with van der Waals surface area (Å²) >= 11 is 0. The molecule has 0 saturated heterocycles. The maximum absolute atomic E-state index is 5.32. The Hall–Kier alpha value is -1.51. The summed E-state index contributed by atoms with van der Waals surface area (Å²) in [7, 11) is 1.72. The molecule has 0 spiro atoms. The first-order chi connectivity index (χ1) is 9.86. The van der Waals surface area contributed by atoms with E-state index in [1.807, 2.05) is 6.07 Å². The fraction of sp³-hybridized carbons (Fsp3) is 0.294. The Morgan fingerprint density at radius 3 is 2.90 bits per heavy atom. The molecule has 1 heterocycles. The Morgan fingerprint density at radius 2 is 2.10 bits per heavy atom. The molecule has 3 nitrogen and oxygen atoms in total. The van der Waals surface area contributed by atoms with Crippen LogP contribution in [0, 0.1) is 37.5 Å². The second-order valence-electron chi connectivity index (χ2n) is 5.49. The van der Waals surface area contributed by atoms with E-state index >= 15 is 0 Å². The highest BCUT2D eigenvalue weighted by molar-refractivity contribution is 6.06. The van der Waals surface area contributed by atoms with Crippen molar-refractivity contribution in [3.63, 3.8) is 0 Å². The lowest BCUT2D eigenvalue weighted by atomic mass is 9.75. The van der Waals surface area contributed by atoms with E-state index in [1.54, 1.807) is 7.11 Å². The van der Waals surface area contributed by atoms with Crippen molar-refractivity contribution in [3.05, 3.63) is 60.9 Å². The summed E-state index contributed by atoms with van der Waals surface area (Å²) in [5.74, 6) is 2.75. The normalized spacial score (nSPS) is 28.6. The number of benzene rings is 1. The number of nitrogens with one attached hydrogen (secondary N) is 1. The van der Waals surface area contributed by atoms with Crippen molar-refractivity contribution >= 4 is 5.71 Å². The van der Waals surface area contributed by atoms with Crippen LogP contribution in [0.4, 0.5) is 0 Å². The minimum atomic E-state index is 0.329. The second-order valence-corrected chi connectivity index (χ2v) is 5.49. The van der Waals surface area contributed by atoms with Gasteiger partial charge in [0.2, 0.25) is 0 Å². The molecule has 1 aromatic carbocycles. The molecule has 3 aliphatic rings. The van der Waals surface area contributed by atoms with Gasteiger partial charge in [0.1, 0.15) is 5.75 Å². The van der Waals surface area contributed by atoms with Gasteiger partial charge in [-0.15, -0.1) is 0 Å². The predicted molar refractivity (Wildman–Crippen MR) is 78.7 cm³/mol. The molecule has 0 aromatic heterocycles.